The molecule has 1 aromatic heterocycles. The molecule has 2 rings (SSSR count). The SMILES string of the molecule is CCN(CC)C(=O)c1cccnc1OC1CCSC1. The first-order valence-corrected chi connectivity index (χ1v) is 7.90. The van der Waals surface area contributed by atoms with Gasteiger partial charge in [0, 0.05) is 25.0 Å². The van der Waals surface area contributed by atoms with Crippen LogP contribution in [0.15, 0.2) is 18.3 Å². The molecule has 104 valence electrons. The number of pyridine rings is 1. The van der Waals surface area contributed by atoms with Crippen molar-refractivity contribution in [3.8, 4) is 5.88 Å². The van der Waals surface area contributed by atoms with E-state index in [1.54, 1.807) is 23.2 Å². The highest BCUT2D eigenvalue weighted by atomic mass is 32.2. The molecule has 1 aromatic rings. The Bertz CT molecular complexity index is 429. The lowest BCUT2D eigenvalue weighted by Gasteiger charge is -2.20. The molecule has 0 radical (unpaired) electrons. The Hall–Kier alpha value is -1.23. The quantitative estimate of drug-likeness (QED) is 0.831. The van der Waals surface area contributed by atoms with Crippen LogP contribution in [0, 0.1) is 0 Å². The second-order valence-electron chi connectivity index (χ2n) is 4.44. The van der Waals surface area contributed by atoms with Gasteiger partial charge in [0.05, 0.1) is 0 Å². The molecule has 0 aliphatic carbocycles. The topological polar surface area (TPSA) is 42.4 Å². The Balaban J connectivity index is 2.17. The maximum absolute atomic E-state index is 12.4. The van der Waals surface area contributed by atoms with Crippen LogP contribution in [0.4, 0.5) is 0 Å². The number of thioether (sulfide) groups is 1. The van der Waals surface area contributed by atoms with E-state index in [4.69, 9.17) is 4.74 Å². The molecular weight excluding hydrogens is 260 g/mol. The van der Waals surface area contributed by atoms with Crippen LogP contribution in [-0.4, -0.2) is 46.5 Å². The normalized spacial score (nSPS) is 18.3. The molecule has 0 spiro atoms. The van der Waals surface area contributed by atoms with Crippen molar-refractivity contribution in [1.82, 2.24) is 9.88 Å². The molecular formula is C14H20N2O2S. The second kappa shape index (κ2) is 6.80. The molecule has 1 saturated heterocycles. The van der Waals surface area contributed by atoms with Crippen molar-refractivity contribution in [2.45, 2.75) is 26.4 Å². The summed E-state index contributed by atoms with van der Waals surface area (Å²) in [7, 11) is 0. The van der Waals surface area contributed by atoms with Gasteiger partial charge in [-0.25, -0.2) is 4.98 Å². The number of nitrogens with zero attached hydrogens (tertiary/aromatic N) is 2. The first-order valence-electron chi connectivity index (χ1n) is 6.75. The van der Waals surface area contributed by atoms with Crippen LogP contribution in [0.2, 0.25) is 0 Å². The number of rotatable bonds is 5. The molecule has 19 heavy (non-hydrogen) atoms. The van der Waals surface area contributed by atoms with E-state index >= 15 is 0 Å². The van der Waals surface area contributed by atoms with Crippen LogP contribution in [0.25, 0.3) is 0 Å². The van der Waals surface area contributed by atoms with Crippen molar-refractivity contribution in [1.29, 1.82) is 0 Å². The largest absolute Gasteiger partial charge is 0.473 e. The van der Waals surface area contributed by atoms with Gasteiger partial charge < -0.3 is 9.64 Å². The third-order valence-corrected chi connectivity index (χ3v) is 4.35. The lowest BCUT2D eigenvalue weighted by Crippen LogP contribution is -2.31. The summed E-state index contributed by atoms with van der Waals surface area (Å²) in [5, 5.41) is 0. The smallest absolute Gasteiger partial charge is 0.259 e. The van der Waals surface area contributed by atoms with Gasteiger partial charge in [-0.1, -0.05) is 0 Å². The third-order valence-electron chi connectivity index (χ3n) is 3.22. The maximum Gasteiger partial charge on any atom is 0.259 e. The zero-order chi connectivity index (χ0) is 13.7. The molecule has 2 heterocycles. The van der Waals surface area contributed by atoms with Crippen molar-refractivity contribution in [3.63, 3.8) is 0 Å². The molecule has 5 heteroatoms. The standard InChI is InChI=1S/C14H20N2O2S/c1-3-16(4-2)14(17)12-6-5-8-15-13(12)18-11-7-9-19-10-11/h5-6,8,11H,3-4,7,9-10H2,1-2H3. The van der Waals surface area contributed by atoms with Gasteiger partial charge in [0.1, 0.15) is 11.7 Å². The van der Waals surface area contributed by atoms with Gasteiger partial charge in [-0.05, 0) is 38.2 Å². The van der Waals surface area contributed by atoms with Gasteiger partial charge in [0.25, 0.3) is 5.91 Å². The van der Waals surface area contributed by atoms with E-state index in [0.717, 1.165) is 17.9 Å². The molecule has 0 aromatic carbocycles. The Morgan fingerprint density at radius 3 is 2.95 bits per heavy atom. The highest BCUT2D eigenvalue weighted by Crippen LogP contribution is 2.24. The minimum absolute atomic E-state index is 0.00116. The number of hydrogen-bond acceptors (Lipinski definition) is 4. The number of carbonyl (C=O) groups excluding carboxylic acids is 1. The minimum Gasteiger partial charge on any atom is -0.473 e. The lowest BCUT2D eigenvalue weighted by atomic mass is 10.2. The molecule has 0 saturated carbocycles. The number of carbonyl (C=O) groups is 1. The Kier molecular flexibility index (Phi) is 5.07. The van der Waals surface area contributed by atoms with E-state index in [2.05, 4.69) is 4.98 Å². The van der Waals surface area contributed by atoms with E-state index in [9.17, 15) is 4.79 Å². The van der Waals surface area contributed by atoms with Crippen LogP contribution in [-0.2, 0) is 0 Å². The average molecular weight is 280 g/mol. The molecule has 1 amide bonds. The number of hydrogen-bond donors (Lipinski definition) is 0. The summed E-state index contributed by atoms with van der Waals surface area (Å²) in [6.07, 6.45) is 2.89. The molecule has 1 fully saturated rings. The van der Waals surface area contributed by atoms with Gasteiger partial charge in [-0.3, -0.25) is 4.79 Å². The van der Waals surface area contributed by atoms with Crippen LogP contribution in [0.1, 0.15) is 30.6 Å². The van der Waals surface area contributed by atoms with E-state index in [1.807, 2.05) is 25.6 Å². The van der Waals surface area contributed by atoms with Crippen LogP contribution >= 0.6 is 11.8 Å². The predicted molar refractivity (Wildman–Crippen MR) is 77.8 cm³/mol. The predicted octanol–water partition coefficient (Wildman–Crippen LogP) is 2.45. The van der Waals surface area contributed by atoms with Crippen LogP contribution < -0.4 is 4.74 Å². The van der Waals surface area contributed by atoms with E-state index < -0.39 is 0 Å². The Morgan fingerprint density at radius 1 is 1.53 bits per heavy atom. The second-order valence-corrected chi connectivity index (χ2v) is 5.59. The third kappa shape index (κ3) is 3.41. The van der Waals surface area contributed by atoms with Gasteiger partial charge >= 0.3 is 0 Å². The van der Waals surface area contributed by atoms with E-state index in [1.165, 1.54) is 0 Å². The first-order chi connectivity index (χ1) is 9.26. The summed E-state index contributed by atoms with van der Waals surface area (Å²) in [6.45, 7) is 5.35. The monoisotopic (exact) mass is 280 g/mol. The fourth-order valence-corrected chi connectivity index (χ4v) is 3.19. The fourth-order valence-electron chi connectivity index (χ4n) is 2.09. The molecule has 1 atom stereocenters. The summed E-state index contributed by atoms with van der Waals surface area (Å²) >= 11 is 1.88. The number of amides is 1. The Morgan fingerprint density at radius 2 is 2.32 bits per heavy atom. The van der Waals surface area contributed by atoms with Crippen molar-refractivity contribution >= 4 is 17.7 Å². The molecule has 4 nitrogen and oxygen atoms in total. The van der Waals surface area contributed by atoms with Gasteiger partial charge in [-0.2, -0.15) is 11.8 Å². The van der Waals surface area contributed by atoms with Crippen molar-refractivity contribution in [2.24, 2.45) is 0 Å². The minimum atomic E-state index is -0.00116. The van der Waals surface area contributed by atoms with E-state index in [-0.39, 0.29) is 12.0 Å². The van der Waals surface area contributed by atoms with Gasteiger partial charge in [0.2, 0.25) is 5.88 Å². The zero-order valence-corrected chi connectivity index (χ0v) is 12.3. The summed E-state index contributed by atoms with van der Waals surface area (Å²) in [5.74, 6) is 2.58. The van der Waals surface area contributed by atoms with Crippen molar-refractivity contribution in [2.75, 3.05) is 24.6 Å². The molecule has 0 N–H and O–H groups in total. The Labute approximate surface area is 118 Å². The number of aromatic nitrogens is 1. The highest BCUT2D eigenvalue weighted by molar-refractivity contribution is 7.99. The molecule has 1 aliphatic rings. The summed E-state index contributed by atoms with van der Waals surface area (Å²) < 4.78 is 5.89. The molecule has 1 aliphatic heterocycles. The van der Waals surface area contributed by atoms with Crippen LogP contribution in [0.5, 0.6) is 5.88 Å². The lowest BCUT2D eigenvalue weighted by molar-refractivity contribution is 0.0765. The zero-order valence-electron chi connectivity index (χ0n) is 11.5. The molecule has 1 unspecified atom stereocenters. The fraction of sp³-hybridized carbons (Fsp3) is 0.571. The van der Waals surface area contributed by atoms with Gasteiger partial charge in [0.15, 0.2) is 0 Å². The number of ether oxygens (including phenoxy) is 1. The van der Waals surface area contributed by atoms with Crippen LogP contribution in [0.3, 0.4) is 0 Å². The van der Waals surface area contributed by atoms with Crippen molar-refractivity contribution in [3.05, 3.63) is 23.9 Å². The molecule has 0 bridgehead atoms. The summed E-state index contributed by atoms with van der Waals surface area (Å²) in [5.41, 5.74) is 0.572. The highest BCUT2D eigenvalue weighted by Gasteiger charge is 2.23. The van der Waals surface area contributed by atoms with Crippen molar-refractivity contribution < 1.29 is 9.53 Å². The first kappa shape index (κ1) is 14.2. The van der Waals surface area contributed by atoms with Gasteiger partial charge in [-0.15, -0.1) is 0 Å². The summed E-state index contributed by atoms with van der Waals surface area (Å²) in [6, 6.07) is 3.58. The maximum atomic E-state index is 12.4. The average Bonchev–Trinajstić information content (AvgIpc) is 2.93. The van der Waals surface area contributed by atoms with E-state index in [0.29, 0.717) is 24.5 Å². The summed E-state index contributed by atoms with van der Waals surface area (Å²) in [4.78, 5) is 18.4.